The minimum atomic E-state index is -0.158. The van der Waals surface area contributed by atoms with Crippen molar-refractivity contribution in [3.8, 4) is 0 Å². The molecule has 0 radical (unpaired) electrons. The van der Waals surface area contributed by atoms with Crippen LogP contribution in [0.25, 0.3) is 0 Å². The van der Waals surface area contributed by atoms with Crippen molar-refractivity contribution in [1.82, 2.24) is 4.98 Å². The van der Waals surface area contributed by atoms with Crippen molar-refractivity contribution < 1.29 is 4.79 Å². The molecule has 0 aliphatic rings. The van der Waals surface area contributed by atoms with Crippen LogP contribution in [-0.2, 0) is 0 Å². The Hall–Kier alpha value is -2.07. The first kappa shape index (κ1) is 16.3. The molecule has 0 aliphatic carbocycles. The Morgan fingerprint density at radius 1 is 1.18 bits per heavy atom. The molecule has 0 atom stereocenters. The first-order valence-electron chi connectivity index (χ1n) is 7.42. The number of benzene rings is 1. The van der Waals surface area contributed by atoms with Crippen molar-refractivity contribution in [2.45, 2.75) is 20.3 Å². The Labute approximate surface area is 136 Å². The molecule has 0 saturated carbocycles. The second kappa shape index (κ2) is 7.80. The van der Waals surface area contributed by atoms with Crippen LogP contribution in [0, 0.1) is 0 Å². The summed E-state index contributed by atoms with van der Waals surface area (Å²) in [6, 6.07) is 11.0. The SMILES string of the molecule is CCCN(CC)c1ccc(C(=O)Nc2ccc(Cl)nc2)cc1. The largest absolute Gasteiger partial charge is 0.372 e. The zero-order valence-corrected chi connectivity index (χ0v) is 13.6. The van der Waals surface area contributed by atoms with E-state index in [1.807, 2.05) is 24.3 Å². The molecule has 22 heavy (non-hydrogen) atoms. The fourth-order valence-electron chi connectivity index (χ4n) is 2.22. The molecule has 1 amide bonds. The number of nitrogens with zero attached hydrogens (tertiary/aromatic N) is 2. The van der Waals surface area contributed by atoms with E-state index in [1.54, 1.807) is 12.1 Å². The molecule has 116 valence electrons. The maximum Gasteiger partial charge on any atom is 0.255 e. The van der Waals surface area contributed by atoms with Gasteiger partial charge >= 0.3 is 0 Å². The predicted molar refractivity (Wildman–Crippen MR) is 91.8 cm³/mol. The lowest BCUT2D eigenvalue weighted by atomic mass is 10.1. The van der Waals surface area contributed by atoms with Gasteiger partial charge in [0.2, 0.25) is 0 Å². The highest BCUT2D eigenvalue weighted by molar-refractivity contribution is 6.29. The number of amides is 1. The maximum atomic E-state index is 12.2. The van der Waals surface area contributed by atoms with Crippen LogP contribution in [0.15, 0.2) is 42.6 Å². The number of aromatic nitrogens is 1. The molecule has 0 bridgehead atoms. The number of hydrogen-bond donors (Lipinski definition) is 1. The summed E-state index contributed by atoms with van der Waals surface area (Å²) in [5.74, 6) is -0.158. The Morgan fingerprint density at radius 2 is 1.91 bits per heavy atom. The monoisotopic (exact) mass is 317 g/mol. The molecule has 0 aliphatic heterocycles. The third-order valence-electron chi connectivity index (χ3n) is 3.36. The summed E-state index contributed by atoms with van der Waals surface area (Å²) < 4.78 is 0. The summed E-state index contributed by atoms with van der Waals surface area (Å²) in [6.07, 6.45) is 2.63. The van der Waals surface area contributed by atoms with E-state index in [4.69, 9.17) is 11.6 Å². The van der Waals surface area contributed by atoms with E-state index in [1.165, 1.54) is 6.20 Å². The van der Waals surface area contributed by atoms with Crippen LogP contribution in [0.5, 0.6) is 0 Å². The number of nitrogens with one attached hydrogen (secondary N) is 1. The van der Waals surface area contributed by atoms with Gasteiger partial charge in [-0.3, -0.25) is 4.79 Å². The molecular weight excluding hydrogens is 298 g/mol. The van der Waals surface area contributed by atoms with Gasteiger partial charge in [-0.1, -0.05) is 18.5 Å². The van der Waals surface area contributed by atoms with Crippen LogP contribution >= 0.6 is 11.6 Å². The number of rotatable bonds is 6. The van der Waals surface area contributed by atoms with Crippen molar-refractivity contribution in [1.29, 1.82) is 0 Å². The molecular formula is C17H20ClN3O. The second-order valence-electron chi connectivity index (χ2n) is 4.95. The summed E-state index contributed by atoms with van der Waals surface area (Å²) in [5, 5.41) is 3.20. The molecule has 5 heteroatoms. The molecule has 0 fully saturated rings. The van der Waals surface area contributed by atoms with Gasteiger partial charge in [0.15, 0.2) is 0 Å². The highest BCUT2D eigenvalue weighted by Gasteiger charge is 2.08. The van der Waals surface area contributed by atoms with Crippen LogP contribution in [0.1, 0.15) is 30.6 Å². The standard InChI is InChI=1S/C17H20ClN3O/c1-3-11-21(4-2)15-8-5-13(6-9-15)17(22)20-14-7-10-16(18)19-12-14/h5-10,12H,3-4,11H2,1-2H3,(H,20,22). The summed E-state index contributed by atoms with van der Waals surface area (Å²) >= 11 is 5.72. The molecule has 2 rings (SSSR count). The molecule has 1 N–H and O–H groups in total. The number of carbonyl (C=O) groups excluding carboxylic acids is 1. The first-order chi connectivity index (χ1) is 10.6. The van der Waals surface area contributed by atoms with Crippen molar-refractivity contribution in [2.24, 2.45) is 0 Å². The normalized spacial score (nSPS) is 10.3. The molecule has 1 heterocycles. The lowest BCUT2D eigenvalue weighted by molar-refractivity contribution is 0.102. The van der Waals surface area contributed by atoms with Crippen molar-refractivity contribution >= 4 is 28.9 Å². The molecule has 0 spiro atoms. The third-order valence-corrected chi connectivity index (χ3v) is 3.58. The van der Waals surface area contributed by atoms with Gasteiger partial charge in [-0.2, -0.15) is 0 Å². The van der Waals surface area contributed by atoms with Crippen LogP contribution < -0.4 is 10.2 Å². The Balaban J connectivity index is 2.06. The van der Waals surface area contributed by atoms with Gasteiger partial charge in [0.25, 0.3) is 5.91 Å². The molecule has 1 aromatic carbocycles. The van der Waals surface area contributed by atoms with Crippen LogP contribution in [-0.4, -0.2) is 24.0 Å². The van der Waals surface area contributed by atoms with Crippen LogP contribution in [0.3, 0.4) is 0 Å². The van der Waals surface area contributed by atoms with Gasteiger partial charge in [-0.15, -0.1) is 0 Å². The van der Waals surface area contributed by atoms with E-state index in [0.717, 1.165) is 25.2 Å². The quantitative estimate of drug-likeness (QED) is 0.811. The number of carbonyl (C=O) groups is 1. The van der Waals surface area contributed by atoms with Crippen LogP contribution in [0.2, 0.25) is 5.15 Å². The van der Waals surface area contributed by atoms with E-state index in [-0.39, 0.29) is 5.91 Å². The number of pyridine rings is 1. The van der Waals surface area contributed by atoms with E-state index >= 15 is 0 Å². The number of hydrogen-bond acceptors (Lipinski definition) is 3. The van der Waals surface area contributed by atoms with E-state index in [9.17, 15) is 4.79 Å². The smallest absolute Gasteiger partial charge is 0.255 e. The summed E-state index contributed by atoms with van der Waals surface area (Å²) in [7, 11) is 0. The van der Waals surface area contributed by atoms with Gasteiger partial charge < -0.3 is 10.2 Å². The molecule has 4 nitrogen and oxygen atoms in total. The number of anilines is 2. The summed E-state index contributed by atoms with van der Waals surface area (Å²) in [5.41, 5.74) is 2.37. The van der Waals surface area contributed by atoms with Crippen molar-refractivity contribution in [2.75, 3.05) is 23.3 Å². The predicted octanol–water partition coefficient (Wildman–Crippen LogP) is 4.22. The zero-order valence-electron chi connectivity index (χ0n) is 12.8. The minimum Gasteiger partial charge on any atom is -0.372 e. The van der Waals surface area contributed by atoms with Gasteiger partial charge in [-0.05, 0) is 49.7 Å². The second-order valence-corrected chi connectivity index (χ2v) is 5.34. The van der Waals surface area contributed by atoms with Gasteiger partial charge in [-0.25, -0.2) is 4.98 Å². The highest BCUT2D eigenvalue weighted by atomic mass is 35.5. The third kappa shape index (κ3) is 4.21. The van der Waals surface area contributed by atoms with Crippen molar-refractivity contribution in [3.63, 3.8) is 0 Å². The van der Waals surface area contributed by atoms with E-state index in [0.29, 0.717) is 16.4 Å². The van der Waals surface area contributed by atoms with Crippen molar-refractivity contribution in [3.05, 3.63) is 53.3 Å². The summed E-state index contributed by atoms with van der Waals surface area (Å²) in [4.78, 5) is 18.4. The first-order valence-corrected chi connectivity index (χ1v) is 7.79. The molecule has 0 unspecified atom stereocenters. The van der Waals surface area contributed by atoms with Crippen LogP contribution in [0.4, 0.5) is 11.4 Å². The zero-order chi connectivity index (χ0) is 15.9. The average molecular weight is 318 g/mol. The maximum absolute atomic E-state index is 12.2. The van der Waals surface area contributed by atoms with E-state index in [2.05, 4.69) is 29.0 Å². The number of halogens is 1. The Kier molecular flexibility index (Phi) is 5.78. The lowest BCUT2D eigenvalue weighted by Gasteiger charge is -2.22. The lowest BCUT2D eigenvalue weighted by Crippen LogP contribution is -2.23. The minimum absolute atomic E-state index is 0.158. The average Bonchev–Trinajstić information content (AvgIpc) is 2.55. The fraction of sp³-hybridized carbons (Fsp3) is 0.294. The molecule has 0 saturated heterocycles. The van der Waals surface area contributed by atoms with Gasteiger partial charge in [0.1, 0.15) is 5.15 Å². The fourth-order valence-corrected chi connectivity index (χ4v) is 2.33. The highest BCUT2D eigenvalue weighted by Crippen LogP contribution is 2.17. The molecule has 1 aromatic heterocycles. The van der Waals surface area contributed by atoms with Gasteiger partial charge in [0, 0.05) is 24.3 Å². The Bertz CT molecular complexity index is 611. The van der Waals surface area contributed by atoms with Gasteiger partial charge in [0.05, 0.1) is 11.9 Å². The Morgan fingerprint density at radius 3 is 2.45 bits per heavy atom. The topological polar surface area (TPSA) is 45.2 Å². The summed E-state index contributed by atoms with van der Waals surface area (Å²) in [6.45, 7) is 6.25. The van der Waals surface area contributed by atoms with E-state index < -0.39 is 0 Å². The molecule has 2 aromatic rings.